The maximum absolute atomic E-state index is 4.10. The second kappa shape index (κ2) is 4.67. The summed E-state index contributed by atoms with van der Waals surface area (Å²) in [5, 5.41) is 7.11. The Morgan fingerprint density at radius 3 is 2.58 bits per heavy atom. The van der Waals surface area contributed by atoms with Gasteiger partial charge in [0.1, 0.15) is 0 Å². The second-order valence-electron chi connectivity index (χ2n) is 4.58. The summed E-state index contributed by atoms with van der Waals surface area (Å²) < 4.78 is 1.12. The molecule has 0 bridgehead atoms. The first kappa shape index (κ1) is 12.2. The van der Waals surface area contributed by atoms with Gasteiger partial charge in [0, 0.05) is 4.47 Å². The topological polar surface area (TPSA) is 0 Å². The lowest BCUT2D eigenvalue weighted by atomic mass is 10.0. The molecule has 0 unspecified atom stereocenters. The summed E-state index contributed by atoms with van der Waals surface area (Å²) in [5.41, 5.74) is 0. The molecule has 0 fully saturated rings. The molecular weight excluding hydrogens is 296 g/mol. The van der Waals surface area contributed by atoms with Crippen molar-refractivity contribution in [1.82, 2.24) is 0 Å². The Balaban J connectivity index is 2.58. The highest BCUT2D eigenvalue weighted by atomic mass is 79.9. The molecule has 0 aliphatic heterocycles. The number of halogens is 1. The Labute approximate surface area is 120 Å². The van der Waals surface area contributed by atoms with Crippen LogP contribution in [0.1, 0.15) is 0 Å². The van der Waals surface area contributed by atoms with Crippen molar-refractivity contribution in [2.45, 2.75) is 0 Å². The third-order valence-corrected chi connectivity index (χ3v) is 4.07. The first-order chi connectivity index (χ1) is 9.20. The Morgan fingerprint density at radius 2 is 1.79 bits per heavy atom. The molecule has 3 aromatic carbocycles. The van der Waals surface area contributed by atoms with Crippen LogP contribution >= 0.6 is 15.9 Å². The number of allylic oxidation sites excluding steroid dienone is 1. The summed E-state index contributed by atoms with van der Waals surface area (Å²) in [4.78, 5) is 0. The zero-order valence-corrected chi connectivity index (χ0v) is 12.1. The minimum atomic E-state index is 1.03. The number of benzene rings is 3. The van der Waals surface area contributed by atoms with Crippen LogP contribution in [0.3, 0.4) is 0 Å². The molecule has 0 saturated heterocycles. The van der Waals surface area contributed by atoms with Crippen molar-refractivity contribution in [3.63, 3.8) is 0 Å². The summed E-state index contributed by atoms with van der Waals surface area (Å²) >= 11 is 3.61. The number of rotatable bonds is 1. The van der Waals surface area contributed by atoms with E-state index in [0.717, 1.165) is 14.9 Å². The minimum absolute atomic E-state index is 1.03. The molecule has 0 saturated carbocycles. The van der Waals surface area contributed by atoms with Gasteiger partial charge in [0.15, 0.2) is 0 Å². The van der Waals surface area contributed by atoms with Crippen molar-refractivity contribution in [3.05, 3.63) is 70.0 Å². The van der Waals surface area contributed by atoms with E-state index in [-0.39, 0.29) is 0 Å². The van der Waals surface area contributed by atoms with Crippen molar-refractivity contribution in [3.8, 4) is 0 Å². The molecule has 0 radical (unpaired) electrons. The van der Waals surface area contributed by atoms with E-state index in [0.29, 0.717) is 0 Å². The zero-order valence-electron chi connectivity index (χ0n) is 10.5. The number of fused-ring (bicyclic) bond motifs is 3. The first-order valence-electron chi connectivity index (χ1n) is 6.13. The molecule has 0 aliphatic rings. The Kier molecular flexibility index (Phi) is 3.00. The smallest absolute Gasteiger partial charge is 0.0253 e. The van der Waals surface area contributed by atoms with E-state index in [1.807, 2.05) is 6.08 Å². The van der Waals surface area contributed by atoms with Gasteiger partial charge in [-0.1, -0.05) is 65.5 Å². The van der Waals surface area contributed by atoms with Gasteiger partial charge in [-0.15, -0.1) is 0 Å². The van der Waals surface area contributed by atoms with Gasteiger partial charge in [-0.05, 0) is 50.2 Å². The lowest BCUT2D eigenvalue weighted by Crippen LogP contribution is -2.22. The SMILES string of the molecule is C=C/C=c1/cc2c(ccc3c(Br)cccc32)cc1=C. The summed E-state index contributed by atoms with van der Waals surface area (Å²) in [6.45, 7) is 7.86. The maximum Gasteiger partial charge on any atom is 0.0253 e. The highest BCUT2D eigenvalue weighted by Gasteiger charge is 2.03. The quantitative estimate of drug-likeness (QED) is 0.593. The third kappa shape index (κ3) is 2.00. The third-order valence-electron chi connectivity index (χ3n) is 3.38. The van der Waals surface area contributed by atoms with Crippen LogP contribution in [0.25, 0.3) is 34.2 Å². The van der Waals surface area contributed by atoms with Crippen molar-refractivity contribution in [2.75, 3.05) is 0 Å². The van der Waals surface area contributed by atoms with E-state index in [1.54, 1.807) is 6.08 Å². The summed E-state index contributed by atoms with van der Waals surface area (Å²) in [6, 6.07) is 14.9. The molecule has 0 N–H and O–H groups in total. The van der Waals surface area contributed by atoms with Crippen LogP contribution in [-0.2, 0) is 0 Å². The van der Waals surface area contributed by atoms with Gasteiger partial charge in [-0.25, -0.2) is 0 Å². The van der Waals surface area contributed by atoms with Crippen LogP contribution in [0.4, 0.5) is 0 Å². The predicted molar refractivity (Wildman–Crippen MR) is 88.6 cm³/mol. The molecule has 0 amide bonds. The fourth-order valence-electron chi connectivity index (χ4n) is 2.45. The van der Waals surface area contributed by atoms with Crippen molar-refractivity contribution in [1.29, 1.82) is 0 Å². The standard InChI is InChI=1S/C18H13Br/c1-3-5-13-11-17-14(10-12(13)2)8-9-16-15(17)6-4-7-18(16)19/h3-11H,1-2H2/b13-5-. The van der Waals surface area contributed by atoms with Crippen LogP contribution < -0.4 is 10.4 Å². The number of hydrogen-bond acceptors (Lipinski definition) is 0. The summed E-state index contributed by atoms with van der Waals surface area (Å²) in [6.07, 6.45) is 3.80. The molecule has 92 valence electrons. The van der Waals surface area contributed by atoms with E-state index in [2.05, 4.69) is 71.6 Å². The molecular formula is C18H13Br. The molecule has 0 atom stereocenters. The van der Waals surface area contributed by atoms with Crippen LogP contribution in [-0.4, -0.2) is 0 Å². The van der Waals surface area contributed by atoms with Crippen molar-refractivity contribution >= 4 is 50.1 Å². The average molecular weight is 309 g/mol. The fraction of sp³-hybridized carbons (Fsp3) is 0. The fourth-order valence-corrected chi connectivity index (χ4v) is 2.95. The Hall–Kier alpha value is -1.86. The first-order valence-corrected chi connectivity index (χ1v) is 6.93. The molecule has 3 aromatic rings. The van der Waals surface area contributed by atoms with E-state index in [4.69, 9.17) is 0 Å². The normalized spacial score (nSPS) is 12.2. The zero-order chi connectivity index (χ0) is 13.4. The van der Waals surface area contributed by atoms with Gasteiger partial charge < -0.3 is 0 Å². The van der Waals surface area contributed by atoms with Crippen molar-refractivity contribution in [2.24, 2.45) is 0 Å². The molecule has 19 heavy (non-hydrogen) atoms. The second-order valence-corrected chi connectivity index (χ2v) is 5.43. The molecule has 1 heteroatoms. The lowest BCUT2D eigenvalue weighted by Gasteiger charge is -2.06. The molecule has 0 heterocycles. The van der Waals surface area contributed by atoms with Crippen LogP contribution in [0.5, 0.6) is 0 Å². The van der Waals surface area contributed by atoms with Crippen LogP contribution in [0.2, 0.25) is 0 Å². The minimum Gasteiger partial charge on any atom is -0.0990 e. The molecule has 0 spiro atoms. The highest BCUT2D eigenvalue weighted by molar-refractivity contribution is 9.10. The van der Waals surface area contributed by atoms with E-state index < -0.39 is 0 Å². The summed E-state index contributed by atoms with van der Waals surface area (Å²) in [7, 11) is 0. The summed E-state index contributed by atoms with van der Waals surface area (Å²) in [5.74, 6) is 0. The monoisotopic (exact) mass is 308 g/mol. The average Bonchev–Trinajstić information content (AvgIpc) is 2.40. The maximum atomic E-state index is 4.10. The van der Waals surface area contributed by atoms with Gasteiger partial charge >= 0.3 is 0 Å². The predicted octanol–water partition coefficient (Wildman–Crippen LogP) is 4.13. The van der Waals surface area contributed by atoms with Crippen LogP contribution in [0.15, 0.2) is 59.6 Å². The van der Waals surface area contributed by atoms with Gasteiger partial charge in [-0.2, -0.15) is 0 Å². The molecule has 0 aromatic heterocycles. The highest BCUT2D eigenvalue weighted by Crippen LogP contribution is 2.29. The molecule has 0 nitrogen and oxygen atoms in total. The van der Waals surface area contributed by atoms with Gasteiger partial charge in [0.25, 0.3) is 0 Å². The molecule has 3 rings (SSSR count). The van der Waals surface area contributed by atoms with E-state index >= 15 is 0 Å². The van der Waals surface area contributed by atoms with Crippen molar-refractivity contribution < 1.29 is 0 Å². The van der Waals surface area contributed by atoms with Crippen LogP contribution in [0, 0.1) is 0 Å². The van der Waals surface area contributed by atoms with Gasteiger partial charge in [0.05, 0.1) is 0 Å². The Morgan fingerprint density at radius 1 is 0.947 bits per heavy atom. The number of hydrogen-bond donors (Lipinski definition) is 0. The molecule has 0 aliphatic carbocycles. The lowest BCUT2D eigenvalue weighted by molar-refractivity contribution is 1.59. The van der Waals surface area contributed by atoms with E-state index in [9.17, 15) is 0 Å². The van der Waals surface area contributed by atoms with Gasteiger partial charge in [0.2, 0.25) is 0 Å². The van der Waals surface area contributed by atoms with Gasteiger partial charge in [-0.3, -0.25) is 0 Å². The Bertz CT molecular complexity index is 904. The largest absolute Gasteiger partial charge is 0.0990 e. The van der Waals surface area contributed by atoms with E-state index in [1.165, 1.54) is 21.5 Å².